The van der Waals surface area contributed by atoms with Crippen LogP contribution in [-0.2, 0) is 0 Å². The molecule has 1 fully saturated rings. The van der Waals surface area contributed by atoms with Gasteiger partial charge in [-0.15, -0.1) is 10.2 Å². The highest BCUT2D eigenvalue weighted by molar-refractivity contribution is 5.53. The maximum Gasteiger partial charge on any atom is 0.247 e. The zero-order valence-electron chi connectivity index (χ0n) is 15.3. The van der Waals surface area contributed by atoms with Crippen molar-refractivity contribution >= 4 is 0 Å². The van der Waals surface area contributed by atoms with Crippen LogP contribution in [0.3, 0.4) is 0 Å². The minimum atomic E-state index is 0.0287. The van der Waals surface area contributed by atoms with Crippen molar-refractivity contribution in [1.82, 2.24) is 15.1 Å². The van der Waals surface area contributed by atoms with Gasteiger partial charge < -0.3 is 4.42 Å². The zero-order chi connectivity index (χ0) is 17.8. The van der Waals surface area contributed by atoms with Gasteiger partial charge in [0.25, 0.3) is 0 Å². The molecule has 0 amide bonds. The van der Waals surface area contributed by atoms with Crippen molar-refractivity contribution < 1.29 is 4.42 Å². The molecule has 2 heterocycles. The quantitative estimate of drug-likeness (QED) is 0.665. The van der Waals surface area contributed by atoms with Gasteiger partial charge in [0.05, 0.1) is 0 Å². The number of benzene rings is 2. The highest BCUT2D eigenvalue weighted by Gasteiger charge is 2.28. The van der Waals surface area contributed by atoms with E-state index in [0.717, 1.165) is 18.7 Å². The summed E-state index contributed by atoms with van der Waals surface area (Å²) in [6.07, 6.45) is 5.05. The largest absolute Gasteiger partial charge is 0.419 e. The van der Waals surface area contributed by atoms with Crippen LogP contribution in [-0.4, -0.2) is 28.2 Å². The van der Waals surface area contributed by atoms with Gasteiger partial charge in [0.1, 0.15) is 6.04 Å². The monoisotopic (exact) mass is 347 g/mol. The van der Waals surface area contributed by atoms with Crippen LogP contribution in [0.2, 0.25) is 0 Å². The first-order valence-corrected chi connectivity index (χ1v) is 9.51. The molecule has 0 spiro atoms. The van der Waals surface area contributed by atoms with Crippen molar-refractivity contribution in [2.45, 2.75) is 38.6 Å². The van der Waals surface area contributed by atoms with Crippen LogP contribution in [0.1, 0.15) is 48.7 Å². The smallest absolute Gasteiger partial charge is 0.247 e. The first-order chi connectivity index (χ1) is 12.8. The van der Waals surface area contributed by atoms with Crippen LogP contribution in [0, 0.1) is 6.92 Å². The van der Waals surface area contributed by atoms with E-state index in [9.17, 15) is 0 Å². The Kier molecular flexibility index (Phi) is 5.12. The first-order valence-electron chi connectivity index (χ1n) is 9.51. The van der Waals surface area contributed by atoms with Gasteiger partial charge in [0.15, 0.2) is 0 Å². The predicted octanol–water partition coefficient (Wildman–Crippen LogP) is 5.01. The predicted molar refractivity (Wildman–Crippen MR) is 103 cm³/mol. The second-order valence-electron chi connectivity index (χ2n) is 7.07. The maximum atomic E-state index is 6.16. The fourth-order valence-corrected chi connectivity index (χ4v) is 3.66. The van der Waals surface area contributed by atoms with E-state index in [1.807, 2.05) is 12.1 Å². The maximum absolute atomic E-state index is 6.16. The van der Waals surface area contributed by atoms with Crippen molar-refractivity contribution in [2.24, 2.45) is 0 Å². The van der Waals surface area contributed by atoms with E-state index >= 15 is 0 Å². The van der Waals surface area contributed by atoms with Crippen LogP contribution in [0.25, 0.3) is 11.5 Å². The van der Waals surface area contributed by atoms with Crippen molar-refractivity contribution in [1.29, 1.82) is 0 Å². The van der Waals surface area contributed by atoms with Gasteiger partial charge in [-0.05, 0) is 50.6 Å². The molecule has 4 nitrogen and oxygen atoms in total. The average Bonchev–Trinajstić information content (AvgIpc) is 2.99. The molecule has 3 aromatic rings. The lowest BCUT2D eigenvalue weighted by Gasteiger charge is -2.28. The molecule has 1 atom stereocenters. The number of aromatic nitrogens is 2. The molecule has 134 valence electrons. The minimum Gasteiger partial charge on any atom is -0.419 e. The number of hydrogen-bond acceptors (Lipinski definition) is 4. The summed E-state index contributed by atoms with van der Waals surface area (Å²) in [6.45, 7) is 4.22. The molecule has 1 saturated heterocycles. The summed E-state index contributed by atoms with van der Waals surface area (Å²) in [7, 11) is 0. The zero-order valence-corrected chi connectivity index (χ0v) is 15.3. The summed E-state index contributed by atoms with van der Waals surface area (Å²) in [5.74, 6) is 1.28. The number of hydrogen-bond donors (Lipinski definition) is 0. The minimum absolute atomic E-state index is 0.0287. The SMILES string of the molecule is Cc1ccc(-c2nnc(C(c3ccccc3)N3CCCCCC3)o2)cc1. The fraction of sp³-hybridized carbons (Fsp3) is 0.364. The van der Waals surface area contributed by atoms with Crippen LogP contribution < -0.4 is 0 Å². The molecular weight excluding hydrogens is 322 g/mol. The molecule has 0 N–H and O–H groups in total. The molecule has 0 saturated carbocycles. The van der Waals surface area contributed by atoms with Crippen LogP contribution in [0.15, 0.2) is 59.0 Å². The van der Waals surface area contributed by atoms with Gasteiger partial charge >= 0.3 is 0 Å². The third-order valence-electron chi connectivity index (χ3n) is 5.09. The summed E-state index contributed by atoms with van der Waals surface area (Å²) in [5.41, 5.74) is 3.41. The van der Waals surface area contributed by atoms with Crippen LogP contribution in [0.4, 0.5) is 0 Å². The molecule has 1 unspecified atom stereocenters. The van der Waals surface area contributed by atoms with Gasteiger partial charge in [-0.25, -0.2) is 0 Å². The first kappa shape index (κ1) is 17.0. The molecule has 0 bridgehead atoms. The molecular formula is C22H25N3O. The Morgan fingerprint density at radius 2 is 1.54 bits per heavy atom. The van der Waals surface area contributed by atoms with Crippen LogP contribution >= 0.6 is 0 Å². The lowest BCUT2D eigenvalue weighted by molar-refractivity contribution is 0.206. The second-order valence-corrected chi connectivity index (χ2v) is 7.07. The van der Waals surface area contributed by atoms with Crippen LogP contribution in [0.5, 0.6) is 0 Å². The van der Waals surface area contributed by atoms with Crippen molar-refractivity contribution in [3.05, 3.63) is 71.6 Å². The Labute approximate surface area is 154 Å². The van der Waals surface area contributed by atoms with Crippen molar-refractivity contribution in [3.8, 4) is 11.5 Å². The van der Waals surface area contributed by atoms with Gasteiger partial charge in [0.2, 0.25) is 11.8 Å². The Morgan fingerprint density at radius 1 is 0.846 bits per heavy atom. The third kappa shape index (κ3) is 3.70. The van der Waals surface area contributed by atoms with E-state index < -0.39 is 0 Å². The van der Waals surface area contributed by atoms with E-state index in [4.69, 9.17) is 4.42 Å². The Morgan fingerprint density at radius 3 is 2.23 bits per heavy atom. The molecule has 1 aromatic heterocycles. The van der Waals surface area contributed by atoms with E-state index in [1.165, 1.54) is 36.8 Å². The third-order valence-corrected chi connectivity index (χ3v) is 5.09. The molecule has 1 aliphatic rings. The molecule has 4 heteroatoms. The Bertz CT molecular complexity index is 818. The number of nitrogens with zero attached hydrogens (tertiary/aromatic N) is 3. The molecule has 0 radical (unpaired) electrons. The number of rotatable bonds is 4. The standard InChI is InChI=1S/C22H25N3O/c1-17-11-13-19(14-12-17)21-23-24-22(26-21)20(18-9-5-4-6-10-18)25-15-7-2-3-8-16-25/h4-6,9-14,20H,2-3,7-8,15-16H2,1H3. The molecule has 2 aromatic carbocycles. The lowest BCUT2D eigenvalue weighted by Crippen LogP contribution is -2.30. The van der Waals surface area contributed by atoms with E-state index in [1.54, 1.807) is 0 Å². The summed E-state index contributed by atoms with van der Waals surface area (Å²) >= 11 is 0. The highest BCUT2D eigenvalue weighted by atomic mass is 16.4. The molecule has 4 rings (SSSR count). The van der Waals surface area contributed by atoms with Gasteiger partial charge in [0, 0.05) is 5.56 Å². The van der Waals surface area contributed by atoms with Gasteiger partial charge in [-0.2, -0.15) is 0 Å². The van der Waals surface area contributed by atoms with E-state index in [-0.39, 0.29) is 6.04 Å². The summed E-state index contributed by atoms with van der Waals surface area (Å²) < 4.78 is 6.16. The van der Waals surface area contributed by atoms with E-state index in [2.05, 4.69) is 64.5 Å². The molecule has 1 aliphatic heterocycles. The summed E-state index contributed by atoms with van der Waals surface area (Å²) in [5, 5.41) is 8.78. The Hall–Kier alpha value is -2.46. The molecule has 26 heavy (non-hydrogen) atoms. The van der Waals surface area contributed by atoms with Crippen molar-refractivity contribution in [3.63, 3.8) is 0 Å². The second kappa shape index (κ2) is 7.83. The summed E-state index contributed by atoms with van der Waals surface area (Å²) in [6, 6.07) is 18.8. The average molecular weight is 347 g/mol. The van der Waals surface area contributed by atoms with E-state index in [0.29, 0.717) is 11.8 Å². The van der Waals surface area contributed by atoms with Crippen molar-refractivity contribution in [2.75, 3.05) is 13.1 Å². The highest BCUT2D eigenvalue weighted by Crippen LogP contribution is 2.31. The lowest BCUT2D eigenvalue weighted by atomic mass is 10.0. The number of aryl methyl sites for hydroxylation is 1. The summed E-state index contributed by atoms with van der Waals surface area (Å²) in [4.78, 5) is 2.49. The Balaban J connectivity index is 1.68. The molecule has 0 aliphatic carbocycles. The topological polar surface area (TPSA) is 42.2 Å². The normalized spacial score (nSPS) is 17.0. The number of likely N-dealkylation sites (tertiary alicyclic amines) is 1. The fourth-order valence-electron chi connectivity index (χ4n) is 3.66. The van der Waals surface area contributed by atoms with Gasteiger partial charge in [-0.3, -0.25) is 4.90 Å². The van der Waals surface area contributed by atoms with Gasteiger partial charge in [-0.1, -0.05) is 60.9 Å².